The first-order valence-electron chi connectivity index (χ1n) is 11.2. The second-order valence-corrected chi connectivity index (χ2v) is 8.61. The topological polar surface area (TPSA) is 98.6 Å². The molecule has 0 saturated carbocycles. The van der Waals surface area contributed by atoms with Crippen molar-refractivity contribution in [2.45, 2.75) is 20.4 Å². The quantitative estimate of drug-likeness (QED) is 0.481. The molecule has 10 heteroatoms. The number of carbonyl (C=O) groups is 1. The number of piperazine rings is 1. The molecule has 0 radical (unpaired) electrons. The van der Waals surface area contributed by atoms with Crippen molar-refractivity contribution in [3.63, 3.8) is 0 Å². The van der Waals surface area contributed by atoms with Crippen LogP contribution in [0.1, 0.15) is 27.4 Å². The number of hydrogen-bond acceptors (Lipinski definition) is 6. The van der Waals surface area contributed by atoms with Crippen molar-refractivity contribution in [2.24, 2.45) is 0 Å². The average Bonchev–Trinajstić information content (AvgIpc) is 3.14. The summed E-state index contributed by atoms with van der Waals surface area (Å²) in [5.41, 5.74) is 4.33. The summed E-state index contributed by atoms with van der Waals surface area (Å²) in [7, 11) is 1.60. The summed E-state index contributed by atoms with van der Waals surface area (Å²) in [4.78, 5) is 36.1. The van der Waals surface area contributed by atoms with Crippen molar-refractivity contribution >= 4 is 28.1 Å². The number of pyridine rings is 1. The van der Waals surface area contributed by atoms with Gasteiger partial charge in [0.05, 0.1) is 28.1 Å². The molecule has 0 spiro atoms. The number of rotatable bonds is 4. The summed E-state index contributed by atoms with van der Waals surface area (Å²) in [6, 6.07) is 9.52. The van der Waals surface area contributed by atoms with Gasteiger partial charge in [0.2, 0.25) is 0 Å². The van der Waals surface area contributed by atoms with Crippen LogP contribution >= 0.6 is 0 Å². The van der Waals surface area contributed by atoms with Crippen molar-refractivity contribution in [2.75, 3.05) is 38.1 Å². The Hall–Kier alpha value is -3.79. The first-order valence-corrected chi connectivity index (χ1v) is 11.2. The fourth-order valence-corrected chi connectivity index (χ4v) is 4.57. The zero-order valence-corrected chi connectivity index (χ0v) is 19.4. The van der Waals surface area contributed by atoms with Gasteiger partial charge in [-0.15, -0.1) is 0 Å². The number of aryl methyl sites for hydroxylation is 2. The molecule has 4 aromatic rings. The van der Waals surface area contributed by atoms with Crippen LogP contribution in [0, 0.1) is 19.7 Å². The molecule has 5 rings (SSSR count). The Bertz CT molecular complexity index is 1470. The van der Waals surface area contributed by atoms with Gasteiger partial charge in [-0.2, -0.15) is 5.10 Å². The molecule has 1 aliphatic rings. The molecule has 0 atom stereocenters. The van der Waals surface area contributed by atoms with Crippen molar-refractivity contribution in [1.29, 1.82) is 0 Å². The van der Waals surface area contributed by atoms with Gasteiger partial charge < -0.3 is 15.2 Å². The average molecular weight is 464 g/mol. The first-order chi connectivity index (χ1) is 16.4. The number of aromatic nitrogens is 4. The number of halogens is 1. The molecule has 3 aromatic heterocycles. The van der Waals surface area contributed by atoms with Crippen molar-refractivity contribution in [1.82, 2.24) is 29.8 Å². The van der Waals surface area contributed by atoms with Gasteiger partial charge >= 0.3 is 0 Å². The molecule has 1 aliphatic heterocycles. The van der Waals surface area contributed by atoms with Crippen LogP contribution in [0.5, 0.6) is 0 Å². The molecule has 0 bridgehead atoms. The number of hydrogen-bond donors (Lipinski definition) is 2. The number of anilines is 1. The minimum absolute atomic E-state index is 0.0537. The van der Waals surface area contributed by atoms with E-state index in [1.165, 1.54) is 4.52 Å². The molecule has 2 N–H and O–H groups in total. The largest absolute Gasteiger partial charge is 0.368 e. The van der Waals surface area contributed by atoms with E-state index in [4.69, 9.17) is 0 Å². The van der Waals surface area contributed by atoms with Gasteiger partial charge in [-0.05, 0) is 43.7 Å². The number of amides is 1. The van der Waals surface area contributed by atoms with Crippen LogP contribution in [0.2, 0.25) is 0 Å². The van der Waals surface area contributed by atoms with Gasteiger partial charge in [-0.1, -0.05) is 6.07 Å². The minimum Gasteiger partial charge on any atom is -0.368 e. The second kappa shape index (κ2) is 8.53. The van der Waals surface area contributed by atoms with Crippen molar-refractivity contribution < 1.29 is 9.18 Å². The Morgan fingerprint density at radius 3 is 2.59 bits per heavy atom. The Morgan fingerprint density at radius 1 is 1.12 bits per heavy atom. The maximum absolute atomic E-state index is 14.3. The van der Waals surface area contributed by atoms with Gasteiger partial charge in [0, 0.05) is 39.8 Å². The van der Waals surface area contributed by atoms with Crippen LogP contribution in [0.25, 0.3) is 16.6 Å². The number of carbonyl (C=O) groups excluding carboxylic acids is 1. The lowest BCUT2D eigenvalue weighted by Gasteiger charge is -2.36. The van der Waals surface area contributed by atoms with E-state index in [0.29, 0.717) is 16.7 Å². The Labute approximate surface area is 195 Å². The monoisotopic (exact) mass is 463 g/mol. The van der Waals surface area contributed by atoms with Crippen LogP contribution in [-0.2, 0) is 6.54 Å². The lowest BCUT2D eigenvalue weighted by atomic mass is 10.1. The molecule has 1 fully saturated rings. The highest BCUT2D eigenvalue weighted by atomic mass is 19.1. The molecule has 1 amide bonds. The highest BCUT2D eigenvalue weighted by Gasteiger charge is 2.21. The summed E-state index contributed by atoms with van der Waals surface area (Å²) in [5.74, 6) is -0.774. The molecule has 0 aliphatic carbocycles. The van der Waals surface area contributed by atoms with Gasteiger partial charge in [-0.25, -0.2) is 13.9 Å². The third-order valence-corrected chi connectivity index (χ3v) is 6.38. The molecule has 1 saturated heterocycles. The lowest BCUT2D eigenvalue weighted by Crippen LogP contribution is -2.46. The zero-order valence-electron chi connectivity index (χ0n) is 19.4. The maximum Gasteiger partial charge on any atom is 0.277 e. The Kier molecular flexibility index (Phi) is 5.52. The second-order valence-electron chi connectivity index (χ2n) is 8.61. The van der Waals surface area contributed by atoms with Crippen LogP contribution in [0.15, 0.2) is 35.1 Å². The third-order valence-electron chi connectivity index (χ3n) is 6.38. The summed E-state index contributed by atoms with van der Waals surface area (Å²) in [6.07, 6.45) is 0. The predicted molar refractivity (Wildman–Crippen MR) is 128 cm³/mol. The summed E-state index contributed by atoms with van der Waals surface area (Å²) < 4.78 is 15.6. The summed E-state index contributed by atoms with van der Waals surface area (Å²) in [5, 5.41) is 6.79. The van der Waals surface area contributed by atoms with E-state index in [1.54, 1.807) is 20.0 Å². The van der Waals surface area contributed by atoms with Crippen LogP contribution in [-0.4, -0.2) is 63.6 Å². The highest BCUT2D eigenvalue weighted by Crippen LogP contribution is 2.22. The molecule has 0 unspecified atom stereocenters. The van der Waals surface area contributed by atoms with E-state index in [1.807, 2.05) is 31.2 Å². The number of fused-ring (bicyclic) bond motifs is 3. The molecular formula is C24H26FN7O2. The number of benzene rings is 1. The van der Waals surface area contributed by atoms with Crippen molar-refractivity contribution in [3.05, 3.63) is 69.1 Å². The fourth-order valence-electron chi connectivity index (χ4n) is 4.57. The van der Waals surface area contributed by atoms with Crippen LogP contribution < -0.4 is 15.8 Å². The zero-order chi connectivity index (χ0) is 24.0. The van der Waals surface area contributed by atoms with E-state index in [9.17, 15) is 14.0 Å². The summed E-state index contributed by atoms with van der Waals surface area (Å²) >= 11 is 0. The lowest BCUT2D eigenvalue weighted by molar-refractivity contribution is 0.0958. The SMILES string of the molecule is CNC(=O)c1ccc(N2CCN(Cc3ccc4c(c3)[nH]c(=O)c3c(F)c(C)nn34)CC2)c(C)n1. The minimum atomic E-state index is -0.584. The van der Waals surface area contributed by atoms with Crippen LogP contribution in [0.3, 0.4) is 0 Å². The predicted octanol–water partition coefficient (Wildman–Crippen LogP) is 2.01. The molecule has 1 aromatic carbocycles. The van der Waals surface area contributed by atoms with E-state index in [-0.39, 0.29) is 17.1 Å². The van der Waals surface area contributed by atoms with Gasteiger partial charge in [0.15, 0.2) is 11.3 Å². The van der Waals surface area contributed by atoms with Crippen molar-refractivity contribution in [3.8, 4) is 0 Å². The number of nitrogens with zero attached hydrogens (tertiary/aromatic N) is 5. The fraction of sp³-hybridized carbons (Fsp3) is 0.333. The van der Waals surface area contributed by atoms with Gasteiger partial charge in [0.25, 0.3) is 11.5 Å². The third kappa shape index (κ3) is 3.79. The molecular weight excluding hydrogens is 437 g/mol. The van der Waals surface area contributed by atoms with E-state index in [2.05, 4.69) is 30.2 Å². The van der Waals surface area contributed by atoms with E-state index < -0.39 is 11.4 Å². The Balaban J connectivity index is 1.30. The van der Waals surface area contributed by atoms with Crippen LogP contribution in [0.4, 0.5) is 10.1 Å². The standard InChI is InChI=1S/C24H26FN7O2/c1-14-19(7-5-17(27-14)23(33)26-3)31-10-8-30(9-11-31)13-16-4-6-20-18(12-16)28-24(34)22-21(25)15(2)29-32(20)22/h4-7,12H,8-11,13H2,1-3H3,(H,26,33)(H,28,34). The normalized spacial score (nSPS) is 14.8. The smallest absolute Gasteiger partial charge is 0.277 e. The number of nitrogens with one attached hydrogen (secondary N) is 2. The molecule has 34 heavy (non-hydrogen) atoms. The Morgan fingerprint density at radius 2 is 1.88 bits per heavy atom. The van der Waals surface area contributed by atoms with E-state index in [0.717, 1.165) is 49.7 Å². The number of aromatic amines is 1. The maximum atomic E-state index is 14.3. The molecule has 176 valence electrons. The molecule has 4 heterocycles. The summed E-state index contributed by atoms with van der Waals surface area (Å²) in [6.45, 7) is 7.64. The van der Waals surface area contributed by atoms with Gasteiger partial charge in [0.1, 0.15) is 5.69 Å². The van der Waals surface area contributed by atoms with Gasteiger partial charge in [-0.3, -0.25) is 14.5 Å². The van der Waals surface area contributed by atoms with E-state index >= 15 is 0 Å². The number of H-pyrrole nitrogens is 1. The molecule has 9 nitrogen and oxygen atoms in total. The first kappa shape index (κ1) is 22.0. The highest BCUT2D eigenvalue weighted by molar-refractivity contribution is 5.92.